The number of aromatic nitrogens is 2. The van der Waals surface area contributed by atoms with Gasteiger partial charge in [-0.05, 0) is 19.1 Å². The summed E-state index contributed by atoms with van der Waals surface area (Å²) >= 11 is 5.85. The first-order chi connectivity index (χ1) is 8.99. The summed E-state index contributed by atoms with van der Waals surface area (Å²) in [6, 6.07) is 4.69. The van der Waals surface area contributed by atoms with Crippen LogP contribution < -0.4 is 4.74 Å². The van der Waals surface area contributed by atoms with Gasteiger partial charge in [0.05, 0.1) is 17.8 Å². The molecule has 6 heteroatoms. The van der Waals surface area contributed by atoms with Gasteiger partial charge in [-0.3, -0.25) is 4.68 Å². The Balaban J connectivity index is 2.69. The van der Waals surface area contributed by atoms with Crippen molar-refractivity contribution in [2.75, 3.05) is 7.11 Å². The molecule has 0 amide bonds. The summed E-state index contributed by atoms with van der Waals surface area (Å²) in [5.41, 5.74) is 1.68. The number of nitriles is 1. The SMILES string of the molecule is COc1cc(-c2nn(C)c(C#N)c2C)c(F)cc1Cl. The number of ether oxygens (including phenoxy) is 1. The van der Waals surface area contributed by atoms with Gasteiger partial charge in [-0.2, -0.15) is 10.4 Å². The van der Waals surface area contributed by atoms with E-state index in [0.29, 0.717) is 22.7 Å². The molecule has 1 aromatic heterocycles. The van der Waals surface area contributed by atoms with E-state index in [4.69, 9.17) is 21.6 Å². The van der Waals surface area contributed by atoms with Crippen molar-refractivity contribution in [2.45, 2.75) is 6.92 Å². The fraction of sp³-hybridized carbons (Fsp3) is 0.231. The van der Waals surface area contributed by atoms with E-state index in [1.807, 2.05) is 6.07 Å². The van der Waals surface area contributed by atoms with Crippen LogP contribution in [0.15, 0.2) is 12.1 Å². The fourth-order valence-electron chi connectivity index (χ4n) is 1.91. The maximum absolute atomic E-state index is 14.0. The highest BCUT2D eigenvalue weighted by Gasteiger charge is 2.18. The van der Waals surface area contributed by atoms with E-state index in [1.165, 1.54) is 23.9 Å². The van der Waals surface area contributed by atoms with Gasteiger partial charge in [0.25, 0.3) is 0 Å². The van der Waals surface area contributed by atoms with Gasteiger partial charge in [0.2, 0.25) is 0 Å². The largest absolute Gasteiger partial charge is 0.495 e. The number of halogens is 2. The maximum Gasteiger partial charge on any atom is 0.141 e. The smallest absolute Gasteiger partial charge is 0.141 e. The molecule has 19 heavy (non-hydrogen) atoms. The fourth-order valence-corrected chi connectivity index (χ4v) is 2.14. The van der Waals surface area contributed by atoms with Gasteiger partial charge in [-0.1, -0.05) is 11.6 Å². The molecule has 0 bridgehead atoms. The van der Waals surface area contributed by atoms with Gasteiger partial charge >= 0.3 is 0 Å². The molecule has 0 saturated carbocycles. The summed E-state index contributed by atoms with van der Waals surface area (Å²) in [5, 5.41) is 13.4. The van der Waals surface area contributed by atoms with Crippen LogP contribution in [-0.4, -0.2) is 16.9 Å². The number of methoxy groups -OCH3 is 1. The van der Waals surface area contributed by atoms with Crippen molar-refractivity contribution in [2.24, 2.45) is 7.05 Å². The third-order valence-corrected chi connectivity index (χ3v) is 3.18. The third-order valence-electron chi connectivity index (χ3n) is 2.89. The average molecular weight is 280 g/mol. The lowest BCUT2D eigenvalue weighted by atomic mass is 10.1. The molecule has 0 aliphatic rings. The highest BCUT2D eigenvalue weighted by molar-refractivity contribution is 6.32. The summed E-state index contributed by atoms with van der Waals surface area (Å²) in [5.74, 6) is -0.141. The molecule has 0 unspecified atom stereocenters. The normalized spacial score (nSPS) is 10.3. The minimum absolute atomic E-state index is 0.192. The molecule has 0 aliphatic carbocycles. The number of rotatable bonds is 2. The van der Waals surface area contributed by atoms with Crippen molar-refractivity contribution in [3.05, 3.63) is 34.2 Å². The minimum Gasteiger partial charge on any atom is -0.495 e. The lowest BCUT2D eigenvalue weighted by Crippen LogP contribution is -1.94. The predicted molar refractivity (Wildman–Crippen MR) is 69.6 cm³/mol. The van der Waals surface area contributed by atoms with E-state index < -0.39 is 5.82 Å². The summed E-state index contributed by atoms with van der Waals surface area (Å²) in [7, 11) is 3.09. The molecule has 2 rings (SSSR count). The zero-order valence-electron chi connectivity index (χ0n) is 10.7. The second kappa shape index (κ2) is 4.90. The van der Waals surface area contributed by atoms with Crippen LogP contribution in [0.3, 0.4) is 0 Å². The molecule has 0 atom stereocenters. The van der Waals surface area contributed by atoms with Gasteiger partial charge in [0, 0.05) is 18.2 Å². The molecule has 0 N–H and O–H groups in total. The van der Waals surface area contributed by atoms with Crippen molar-refractivity contribution in [1.82, 2.24) is 9.78 Å². The van der Waals surface area contributed by atoms with E-state index in [2.05, 4.69) is 5.10 Å². The van der Waals surface area contributed by atoms with E-state index in [-0.39, 0.29) is 10.6 Å². The molecule has 0 spiro atoms. The van der Waals surface area contributed by atoms with Crippen LogP contribution in [0.1, 0.15) is 11.3 Å². The zero-order valence-corrected chi connectivity index (χ0v) is 11.4. The Morgan fingerprint density at radius 3 is 2.68 bits per heavy atom. The van der Waals surface area contributed by atoms with Gasteiger partial charge < -0.3 is 4.74 Å². The van der Waals surface area contributed by atoms with Crippen LogP contribution in [-0.2, 0) is 7.05 Å². The average Bonchev–Trinajstić information content (AvgIpc) is 2.64. The quantitative estimate of drug-likeness (QED) is 0.849. The van der Waals surface area contributed by atoms with Gasteiger partial charge in [-0.25, -0.2) is 4.39 Å². The Morgan fingerprint density at radius 1 is 1.47 bits per heavy atom. The molecule has 0 saturated heterocycles. The maximum atomic E-state index is 14.0. The molecule has 0 radical (unpaired) electrons. The molecule has 0 aliphatic heterocycles. The first kappa shape index (κ1) is 13.4. The minimum atomic E-state index is -0.503. The lowest BCUT2D eigenvalue weighted by Gasteiger charge is -2.07. The zero-order chi connectivity index (χ0) is 14.2. The predicted octanol–water partition coefficient (Wildman–Crippen LogP) is 3.07. The number of benzene rings is 1. The Labute approximate surface area is 115 Å². The van der Waals surface area contributed by atoms with Crippen LogP contribution >= 0.6 is 11.6 Å². The number of nitrogens with zero attached hydrogens (tertiary/aromatic N) is 3. The number of aryl methyl sites for hydroxylation is 1. The Morgan fingerprint density at radius 2 is 2.16 bits per heavy atom. The van der Waals surface area contributed by atoms with Crippen LogP contribution in [0.2, 0.25) is 5.02 Å². The first-order valence-electron chi connectivity index (χ1n) is 5.46. The Bertz CT molecular complexity index is 688. The third kappa shape index (κ3) is 2.15. The summed E-state index contributed by atoms with van der Waals surface area (Å²) in [6.45, 7) is 1.72. The molecular formula is C13H11ClFN3O. The van der Waals surface area contributed by atoms with Crippen LogP contribution in [0.5, 0.6) is 5.75 Å². The van der Waals surface area contributed by atoms with Crippen molar-refractivity contribution in [1.29, 1.82) is 5.26 Å². The van der Waals surface area contributed by atoms with Gasteiger partial charge in [0.15, 0.2) is 0 Å². The first-order valence-corrected chi connectivity index (χ1v) is 5.84. The summed E-state index contributed by atoms with van der Waals surface area (Å²) in [4.78, 5) is 0. The lowest BCUT2D eigenvalue weighted by molar-refractivity contribution is 0.414. The molecule has 1 heterocycles. The highest BCUT2D eigenvalue weighted by atomic mass is 35.5. The van der Waals surface area contributed by atoms with E-state index in [9.17, 15) is 4.39 Å². The second-order valence-electron chi connectivity index (χ2n) is 4.02. The van der Waals surface area contributed by atoms with Crippen molar-refractivity contribution in [3.8, 4) is 23.1 Å². The molecule has 1 aromatic carbocycles. The number of hydrogen-bond acceptors (Lipinski definition) is 3. The molecular weight excluding hydrogens is 269 g/mol. The Hall–Kier alpha value is -2.06. The topological polar surface area (TPSA) is 50.8 Å². The summed E-state index contributed by atoms with van der Waals surface area (Å²) < 4.78 is 20.5. The van der Waals surface area contributed by atoms with Crippen molar-refractivity contribution >= 4 is 11.6 Å². The number of hydrogen-bond donors (Lipinski definition) is 0. The molecule has 2 aromatic rings. The second-order valence-corrected chi connectivity index (χ2v) is 4.43. The van der Waals surface area contributed by atoms with Crippen LogP contribution in [0, 0.1) is 24.1 Å². The highest BCUT2D eigenvalue weighted by Crippen LogP contribution is 2.34. The monoisotopic (exact) mass is 279 g/mol. The molecule has 4 nitrogen and oxygen atoms in total. The summed E-state index contributed by atoms with van der Waals surface area (Å²) in [6.07, 6.45) is 0. The van der Waals surface area contributed by atoms with E-state index >= 15 is 0 Å². The van der Waals surface area contributed by atoms with Crippen molar-refractivity contribution in [3.63, 3.8) is 0 Å². The van der Waals surface area contributed by atoms with E-state index in [0.717, 1.165) is 0 Å². The van der Waals surface area contributed by atoms with E-state index in [1.54, 1.807) is 14.0 Å². The molecule has 98 valence electrons. The van der Waals surface area contributed by atoms with Crippen LogP contribution in [0.25, 0.3) is 11.3 Å². The molecule has 0 fully saturated rings. The standard InChI is InChI=1S/C13H11ClFN3O/c1-7-11(6-16)18(2)17-13(7)8-4-12(19-3)9(14)5-10(8)15/h4-5H,1-3H3. The van der Waals surface area contributed by atoms with Crippen LogP contribution in [0.4, 0.5) is 4.39 Å². The van der Waals surface area contributed by atoms with Gasteiger partial charge in [-0.15, -0.1) is 0 Å². The van der Waals surface area contributed by atoms with Crippen molar-refractivity contribution < 1.29 is 9.13 Å². The van der Waals surface area contributed by atoms with Gasteiger partial charge in [0.1, 0.15) is 23.3 Å². The Kier molecular flexibility index (Phi) is 3.45.